The van der Waals surface area contributed by atoms with Crippen molar-refractivity contribution in [2.24, 2.45) is 0 Å². The highest BCUT2D eigenvalue weighted by molar-refractivity contribution is 4.74. The molecule has 1 heterocycles. The first-order valence-electron chi connectivity index (χ1n) is 5.27. The Morgan fingerprint density at radius 1 is 1.38 bits per heavy atom. The summed E-state index contributed by atoms with van der Waals surface area (Å²) < 4.78 is 0. The monoisotopic (exact) mass is 186 g/mol. The molecule has 1 fully saturated rings. The molecule has 0 aromatic carbocycles. The molecule has 0 atom stereocenters. The van der Waals surface area contributed by atoms with Crippen molar-refractivity contribution in [1.29, 1.82) is 0 Å². The van der Waals surface area contributed by atoms with Crippen molar-refractivity contribution in [3.8, 4) is 0 Å². The number of nitrogens with zero attached hydrogens (tertiary/aromatic N) is 2. The third-order valence-electron chi connectivity index (χ3n) is 2.77. The Morgan fingerprint density at radius 3 is 2.46 bits per heavy atom. The maximum absolute atomic E-state index is 5.38. The van der Waals surface area contributed by atoms with Crippen molar-refractivity contribution in [2.45, 2.75) is 32.2 Å². The molecule has 1 saturated heterocycles. The fraction of sp³-hybridized carbons (Fsp3) is 1.00. The van der Waals surface area contributed by atoms with Crippen LogP contribution in [0.5, 0.6) is 0 Å². The van der Waals surface area contributed by atoms with Crippen LogP contribution < -0.4 is 0 Å². The largest absolute Gasteiger partial charge is 0.306 e. The Hall–Kier alpha value is -0.120. The first-order valence-corrected chi connectivity index (χ1v) is 5.27. The van der Waals surface area contributed by atoms with Gasteiger partial charge in [0.15, 0.2) is 0 Å². The van der Waals surface area contributed by atoms with Gasteiger partial charge < -0.3 is 9.74 Å². The molecule has 0 amide bonds. The molecule has 3 heteroatoms. The normalized spacial score (nSPS) is 21.2. The van der Waals surface area contributed by atoms with E-state index in [1.807, 2.05) is 0 Å². The molecule has 0 saturated carbocycles. The quantitative estimate of drug-likeness (QED) is 0.616. The number of piperidine rings is 1. The molecule has 0 aromatic rings. The molecule has 1 aliphatic rings. The number of hydrogen-bond acceptors (Lipinski definition) is 3. The fourth-order valence-corrected chi connectivity index (χ4v) is 1.93. The van der Waals surface area contributed by atoms with Gasteiger partial charge in [0.2, 0.25) is 0 Å². The molecule has 3 nitrogen and oxygen atoms in total. The van der Waals surface area contributed by atoms with Crippen molar-refractivity contribution in [3.05, 3.63) is 0 Å². The summed E-state index contributed by atoms with van der Waals surface area (Å²) in [5.74, 6) is 0. The van der Waals surface area contributed by atoms with Crippen LogP contribution in [0, 0.1) is 0 Å². The van der Waals surface area contributed by atoms with Crippen molar-refractivity contribution in [1.82, 2.24) is 9.96 Å². The van der Waals surface area contributed by atoms with E-state index in [4.69, 9.17) is 4.84 Å². The lowest BCUT2D eigenvalue weighted by Crippen LogP contribution is -2.43. The standard InChI is InChI=1S/C10H22N2O/c1-4-7-12(13-3)10-5-8-11(2)9-6-10/h10H,4-9H2,1-3H3. The van der Waals surface area contributed by atoms with E-state index in [-0.39, 0.29) is 0 Å². The average molecular weight is 186 g/mol. The summed E-state index contributed by atoms with van der Waals surface area (Å²) in [6.07, 6.45) is 3.65. The lowest BCUT2D eigenvalue weighted by molar-refractivity contribution is -0.170. The highest BCUT2D eigenvalue weighted by Gasteiger charge is 2.22. The van der Waals surface area contributed by atoms with Crippen LogP contribution in [-0.4, -0.2) is 49.8 Å². The second-order valence-corrected chi connectivity index (χ2v) is 3.86. The Morgan fingerprint density at radius 2 is 2.00 bits per heavy atom. The van der Waals surface area contributed by atoms with Crippen LogP contribution in [0.1, 0.15) is 26.2 Å². The molecule has 0 spiro atoms. The summed E-state index contributed by atoms with van der Waals surface area (Å²) in [7, 11) is 3.97. The molecular formula is C10H22N2O. The van der Waals surface area contributed by atoms with E-state index in [9.17, 15) is 0 Å². The molecule has 1 aliphatic heterocycles. The first-order chi connectivity index (χ1) is 6.27. The topological polar surface area (TPSA) is 15.7 Å². The summed E-state index contributed by atoms with van der Waals surface area (Å²) in [4.78, 5) is 7.77. The molecule has 0 unspecified atom stereocenters. The molecule has 1 rings (SSSR count). The molecule has 78 valence electrons. The zero-order chi connectivity index (χ0) is 9.68. The Labute approximate surface area is 81.6 Å². The minimum atomic E-state index is 0.640. The maximum Gasteiger partial charge on any atom is 0.0575 e. The highest BCUT2D eigenvalue weighted by Crippen LogP contribution is 2.15. The molecular weight excluding hydrogens is 164 g/mol. The van der Waals surface area contributed by atoms with Gasteiger partial charge in [0.25, 0.3) is 0 Å². The molecule has 13 heavy (non-hydrogen) atoms. The van der Waals surface area contributed by atoms with E-state index >= 15 is 0 Å². The third kappa shape index (κ3) is 3.25. The van der Waals surface area contributed by atoms with Crippen LogP contribution in [-0.2, 0) is 4.84 Å². The van der Waals surface area contributed by atoms with E-state index in [1.165, 1.54) is 32.4 Å². The van der Waals surface area contributed by atoms with Gasteiger partial charge in [0.1, 0.15) is 0 Å². The van der Waals surface area contributed by atoms with E-state index in [0.29, 0.717) is 6.04 Å². The number of rotatable bonds is 4. The van der Waals surface area contributed by atoms with Crippen molar-refractivity contribution < 1.29 is 4.84 Å². The summed E-state index contributed by atoms with van der Waals surface area (Å²) in [5, 5.41) is 2.15. The Balaban J connectivity index is 2.32. The van der Waals surface area contributed by atoms with Gasteiger partial charge in [-0.2, -0.15) is 5.06 Å². The minimum absolute atomic E-state index is 0.640. The summed E-state index contributed by atoms with van der Waals surface area (Å²) in [6, 6.07) is 0.640. The molecule has 0 N–H and O–H groups in total. The zero-order valence-corrected chi connectivity index (χ0v) is 9.12. The van der Waals surface area contributed by atoms with Crippen LogP contribution in [0.15, 0.2) is 0 Å². The van der Waals surface area contributed by atoms with Gasteiger partial charge in [-0.15, -0.1) is 0 Å². The summed E-state index contributed by atoms with van der Waals surface area (Å²) in [6.45, 7) is 5.66. The molecule has 0 bridgehead atoms. The Bertz CT molecular complexity index is 133. The summed E-state index contributed by atoms with van der Waals surface area (Å²) in [5.41, 5.74) is 0. The van der Waals surface area contributed by atoms with Crippen LogP contribution in [0.2, 0.25) is 0 Å². The SMILES string of the molecule is CCCN(OC)C1CCN(C)CC1. The van der Waals surface area contributed by atoms with Crippen LogP contribution in [0.4, 0.5) is 0 Å². The minimum Gasteiger partial charge on any atom is -0.306 e. The van der Waals surface area contributed by atoms with E-state index < -0.39 is 0 Å². The van der Waals surface area contributed by atoms with Gasteiger partial charge >= 0.3 is 0 Å². The summed E-state index contributed by atoms with van der Waals surface area (Å²) >= 11 is 0. The van der Waals surface area contributed by atoms with Crippen molar-refractivity contribution in [2.75, 3.05) is 33.8 Å². The molecule has 0 radical (unpaired) electrons. The van der Waals surface area contributed by atoms with Crippen LogP contribution >= 0.6 is 0 Å². The second-order valence-electron chi connectivity index (χ2n) is 3.86. The van der Waals surface area contributed by atoms with E-state index in [1.54, 1.807) is 7.11 Å². The first kappa shape index (κ1) is 11.0. The lowest BCUT2D eigenvalue weighted by atomic mass is 10.1. The van der Waals surface area contributed by atoms with Gasteiger partial charge in [0.05, 0.1) is 7.11 Å². The molecule has 0 aliphatic carbocycles. The van der Waals surface area contributed by atoms with Crippen LogP contribution in [0.25, 0.3) is 0 Å². The lowest BCUT2D eigenvalue weighted by Gasteiger charge is -2.35. The van der Waals surface area contributed by atoms with Crippen molar-refractivity contribution >= 4 is 0 Å². The predicted octanol–water partition coefficient (Wildman–Crippen LogP) is 1.35. The number of likely N-dealkylation sites (tertiary alicyclic amines) is 1. The van der Waals surface area contributed by atoms with Gasteiger partial charge in [-0.3, -0.25) is 0 Å². The highest BCUT2D eigenvalue weighted by atomic mass is 16.7. The number of hydroxylamine groups is 2. The van der Waals surface area contributed by atoms with Gasteiger partial charge in [-0.05, 0) is 39.4 Å². The van der Waals surface area contributed by atoms with Gasteiger partial charge in [0, 0.05) is 12.6 Å². The Kier molecular flexibility index (Phi) is 4.70. The molecule has 0 aromatic heterocycles. The maximum atomic E-state index is 5.38. The van der Waals surface area contributed by atoms with E-state index in [0.717, 1.165) is 6.54 Å². The zero-order valence-electron chi connectivity index (χ0n) is 9.12. The van der Waals surface area contributed by atoms with Gasteiger partial charge in [-0.25, -0.2) is 0 Å². The number of hydrogen-bond donors (Lipinski definition) is 0. The predicted molar refractivity (Wildman–Crippen MR) is 54.5 cm³/mol. The second kappa shape index (κ2) is 5.58. The average Bonchev–Trinajstić information content (AvgIpc) is 2.16. The fourth-order valence-electron chi connectivity index (χ4n) is 1.93. The van der Waals surface area contributed by atoms with Crippen LogP contribution in [0.3, 0.4) is 0 Å². The smallest absolute Gasteiger partial charge is 0.0575 e. The third-order valence-corrected chi connectivity index (χ3v) is 2.77. The van der Waals surface area contributed by atoms with Gasteiger partial charge in [-0.1, -0.05) is 6.92 Å². The van der Waals surface area contributed by atoms with Crippen molar-refractivity contribution in [3.63, 3.8) is 0 Å². The van der Waals surface area contributed by atoms with E-state index in [2.05, 4.69) is 23.9 Å².